The standard InChI is InChI=1S/C13H17BrN2O2/c1-9(10-3-2-4-11(14)7-10)16-13(17)12-8-18-6-5-15-12/h2-4,7,9,12,15H,5-6,8H2,1H3,(H,16,17). The second-order valence-electron chi connectivity index (χ2n) is 4.37. The van der Waals surface area contributed by atoms with Gasteiger partial charge in [-0.15, -0.1) is 0 Å². The van der Waals surface area contributed by atoms with Crippen LogP contribution in [0.2, 0.25) is 0 Å². The van der Waals surface area contributed by atoms with Crippen LogP contribution < -0.4 is 10.6 Å². The minimum atomic E-state index is -0.242. The molecule has 1 fully saturated rings. The molecular formula is C13H17BrN2O2. The predicted molar refractivity (Wildman–Crippen MR) is 73.3 cm³/mol. The van der Waals surface area contributed by atoms with Crippen LogP contribution in [0.1, 0.15) is 18.5 Å². The topological polar surface area (TPSA) is 50.4 Å². The molecule has 1 aromatic carbocycles. The van der Waals surface area contributed by atoms with E-state index >= 15 is 0 Å². The molecule has 2 unspecified atom stereocenters. The van der Waals surface area contributed by atoms with Crippen LogP contribution in [0.25, 0.3) is 0 Å². The molecule has 2 N–H and O–H groups in total. The highest BCUT2D eigenvalue weighted by atomic mass is 79.9. The van der Waals surface area contributed by atoms with Gasteiger partial charge in [-0.25, -0.2) is 0 Å². The number of carbonyl (C=O) groups excluding carboxylic acids is 1. The highest BCUT2D eigenvalue weighted by Gasteiger charge is 2.22. The van der Waals surface area contributed by atoms with Gasteiger partial charge >= 0.3 is 0 Å². The molecular weight excluding hydrogens is 296 g/mol. The van der Waals surface area contributed by atoms with Gasteiger partial charge in [0, 0.05) is 11.0 Å². The third kappa shape index (κ3) is 3.54. The zero-order valence-electron chi connectivity index (χ0n) is 10.3. The maximum Gasteiger partial charge on any atom is 0.240 e. The molecule has 4 nitrogen and oxygen atoms in total. The molecule has 0 bridgehead atoms. The summed E-state index contributed by atoms with van der Waals surface area (Å²) in [7, 11) is 0. The molecule has 0 spiro atoms. The zero-order chi connectivity index (χ0) is 13.0. The van der Waals surface area contributed by atoms with E-state index in [-0.39, 0.29) is 18.0 Å². The lowest BCUT2D eigenvalue weighted by atomic mass is 10.1. The Hall–Kier alpha value is -0.910. The van der Waals surface area contributed by atoms with Gasteiger partial charge in [-0.2, -0.15) is 0 Å². The minimum Gasteiger partial charge on any atom is -0.378 e. The van der Waals surface area contributed by atoms with Crippen molar-refractivity contribution in [3.63, 3.8) is 0 Å². The molecule has 1 saturated heterocycles. The van der Waals surface area contributed by atoms with Gasteiger partial charge in [-0.3, -0.25) is 4.79 Å². The first-order valence-electron chi connectivity index (χ1n) is 6.04. The van der Waals surface area contributed by atoms with E-state index in [1.807, 2.05) is 31.2 Å². The van der Waals surface area contributed by atoms with Gasteiger partial charge in [0.05, 0.1) is 19.3 Å². The van der Waals surface area contributed by atoms with Gasteiger partial charge < -0.3 is 15.4 Å². The van der Waals surface area contributed by atoms with Crippen LogP contribution in [-0.2, 0) is 9.53 Å². The van der Waals surface area contributed by atoms with Crippen molar-refractivity contribution in [2.45, 2.75) is 19.0 Å². The highest BCUT2D eigenvalue weighted by molar-refractivity contribution is 9.10. The van der Waals surface area contributed by atoms with Crippen molar-refractivity contribution in [2.24, 2.45) is 0 Å². The van der Waals surface area contributed by atoms with Crippen molar-refractivity contribution in [1.29, 1.82) is 0 Å². The monoisotopic (exact) mass is 312 g/mol. The highest BCUT2D eigenvalue weighted by Crippen LogP contribution is 2.17. The van der Waals surface area contributed by atoms with Crippen molar-refractivity contribution in [2.75, 3.05) is 19.8 Å². The number of carbonyl (C=O) groups is 1. The van der Waals surface area contributed by atoms with Gasteiger partial charge in [0.15, 0.2) is 0 Å². The fourth-order valence-corrected chi connectivity index (χ4v) is 2.32. The molecule has 0 saturated carbocycles. The Morgan fingerprint density at radius 1 is 1.61 bits per heavy atom. The van der Waals surface area contributed by atoms with Crippen molar-refractivity contribution in [1.82, 2.24) is 10.6 Å². The van der Waals surface area contributed by atoms with Crippen LogP contribution in [-0.4, -0.2) is 31.7 Å². The Kier molecular flexibility index (Phi) is 4.74. The molecule has 1 aliphatic heterocycles. The summed E-state index contributed by atoms with van der Waals surface area (Å²) in [5, 5.41) is 6.13. The number of ether oxygens (including phenoxy) is 1. The lowest BCUT2D eigenvalue weighted by Gasteiger charge is -2.25. The summed E-state index contributed by atoms with van der Waals surface area (Å²) in [5.41, 5.74) is 1.08. The Balaban J connectivity index is 1.94. The Morgan fingerprint density at radius 2 is 2.44 bits per heavy atom. The largest absolute Gasteiger partial charge is 0.378 e. The number of rotatable bonds is 3. The molecule has 1 amide bonds. The normalized spacial score (nSPS) is 21.3. The van der Waals surface area contributed by atoms with Gasteiger partial charge in [0.1, 0.15) is 6.04 Å². The summed E-state index contributed by atoms with van der Waals surface area (Å²) < 4.78 is 6.29. The summed E-state index contributed by atoms with van der Waals surface area (Å²) in [4.78, 5) is 12.0. The molecule has 1 aliphatic rings. The van der Waals surface area contributed by atoms with Crippen LogP contribution >= 0.6 is 15.9 Å². The van der Waals surface area contributed by atoms with E-state index < -0.39 is 0 Å². The van der Waals surface area contributed by atoms with E-state index in [2.05, 4.69) is 26.6 Å². The van der Waals surface area contributed by atoms with E-state index in [0.717, 1.165) is 16.6 Å². The first-order chi connectivity index (χ1) is 8.66. The minimum absolute atomic E-state index is 0.0119. The lowest BCUT2D eigenvalue weighted by Crippen LogP contribution is -2.51. The van der Waals surface area contributed by atoms with Gasteiger partial charge in [0.25, 0.3) is 0 Å². The predicted octanol–water partition coefficient (Wildman–Crippen LogP) is 1.61. The van der Waals surface area contributed by atoms with Gasteiger partial charge in [-0.05, 0) is 24.6 Å². The van der Waals surface area contributed by atoms with E-state index in [9.17, 15) is 4.79 Å². The maximum atomic E-state index is 12.0. The summed E-state index contributed by atoms with van der Waals surface area (Å²) in [6.45, 7) is 3.81. The molecule has 98 valence electrons. The average molecular weight is 313 g/mol. The fraction of sp³-hybridized carbons (Fsp3) is 0.462. The van der Waals surface area contributed by atoms with Crippen LogP contribution in [0.5, 0.6) is 0 Å². The van der Waals surface area contributed by atoms with Crippen LogP contribution in [0, 0.1) is 0 Å². The Bertz CT molecular complexity index is 419. The van der Waals surface area contributed by atoms with E-state index in [1.54, 1.807) is 0 Å². The summed E-state index contributed by atoms with van der Waals surface area (Å²) in [6.07, 6.45) is 0. The van der Waals surface area contributed by atoms with Crippen molar-refractivity contribution in [3.8, 4) is 0 Å². The molecule has 2 rings (SSSR count). The first-order valence-corrected chi connectivity index (χ1v) is 6.83. The van der Waals surface area contributed by atoms with Crippen molar-refractivity contribution >= 4 is 21.8 Å². The Labute approximate surface area is 115 Å². The van der Waals surface area contributed by atoms with Crippen molar-refractivity contribution in [3.05, 3.63) is 34.3 Å². The lowest BCUT2D eigenvalue weighted by molar-refractivity contribution is -0.126. The number of halogens is 1. The molecule has 1 heterocycles. The average Bonchev–Trinajstić information content (AvgIpc) is 2.39. The number of amides is 1. The summed E-state index contributed by atoms with van der Waals surface area (Å²) >= 11 is 3.43. The molecule has 5 heteroatoms. The number of hydrogen-bond donors (Lipinski definition) is 2. The fourth-order valence-electron chi connectivity index (χ4n) is 1.91. The third-order valence-corrected chi connectivity index (χ3v) is 3.44. The molecule has 0 radical (unpaired) electrons. The van der Waals surface area contributed by atoms with E-state index in [4.69, 9.17) is 4.74 Å². The van der Waals surface area contributed by atoms with E-state index in [1.165, 1.54) is 0 Å². The number of benzene rings is 1. The molecule has 2 atom stereocenters. The first kappa shape index (κ1) is 13.5. The number of morpholine rings is 1. The van der Waals surface area contributed by atoms with Crippen LogP contribution in [0.15, 0.2) is 28.7 Å². The molecule has 18 heavy (non-hydrogen) atoms. The molecule has 0 aromatic heterocycles. The number of hydrogen-bond acceptors (Lipinski definition) is 3. The maximum absolute atomic E-state index is 12.0. The quantitative estimate of drug-likeness (QED) is 0.891. The van der Waals surface area contributed by atoms with Crippen LogP contribution in [0.3, 0.4) is 0 Å². The van der Waals surface area contributed by atoms with E-state index in [0.29, 0.717) is 13.2 Å². The summed E-state index contributed by atoms with van der Waals surface area (Å²) in [6, 6.07) is 7.68. The molecule has 0 aliphatic carbocycles. The van der Waals surface area contributed by atoms with Crippen molar-refractivity contribution < 1.29 is 9.53 Å². The van der Waals surface area contributed by atoms with Crippen LogP contribution in [0.4, 0.5) is 0 Å². The smallest absolute Gasteiger partial charge is 0.240 e. The summed E-state index contributed by atoms with van der Waals surface area (Å²) in [5.74, 6) is -0.0119. The zero-order valence-corrected chi connectivity index (χ0v) is 11.9. The number of nitrogens with one attached hydrogen (secondary N) is 2. The SMILES string of the molecule is CC(NC(=O)C1COCCN1)c1cccc(Br)c1. The van der Waals surface area contributed by atoms with Gasteiger partial charge in [-0.1, -0.05) is 28.1 Å². The van der Waals surface area contributed by atoms with Gasteiger partial charge in [0.2, 0.25) is 5.91 Å². The second kappa shape index (κ2) is 6.31. The third-order valence-electron chi connectivity index (χ3n) is 2.95. The Morgan fingerprint density at radius 3 is 3.11 bits per heavy atom. The molecule has 1 aromatic rings. The second-order valence-corrected chi connectivity index (χ2v) is 5.28.